The Kier molecular flexibility index (Phi) is 11.9. The standard InChI is InChI=1S/C26H37N5O2.C2HF3O2/c1-18(2)16-31(17-19(3)4)26(33)23-14-22(15-28-24(23)30-11-9-27-10-12-30)29-25(32)21-8-6-7-20(5)13-21;3-2(4,5)1(6)7/h6-8,13-15,18-19,27H,9-12,16-17H2,1-5H3,(H,29,32);(H,6,7). The molecule has 1 saturated heterocycles. The average Bonchev–Trinajstić information content (AvgIpc) is 2.87. The molecule has 1 aliphatic rings. The van der Waals surface area contributed by atoms with E-state index in [1.165, 1.54) is 0 Å². The molecule has 9 nitrogen and oxygen atoms in total. The third-order valence-corrected chi connectivity index (χ3v) is 5.75. The summed E-state index contributed by atoms with van der Waals surface area (Å²) in [5.41, 5.74) is 2.66. The largest absolute Gasteiger partial charge is 0.490 e. The molecule has 40 heavy (non-hydrogen) atoms. The van der Waals surface area contributed by atoms with Gasteiger partial charge in [0.05, 0.1) is 17.4 Å². The Labute approximate surface area is 232 Å². The number of halogens is 3. The van der Waals surface area contributed by atoms with E-state index < -0.39 is 12.1 Å². The highest BCUT2D eigenvalue weighted by atomic mass is 19.4. The van der Waals surface area contributed by atoms with E-state index in [0.29, 0.717) is 47.6 Å². The Morgan fingerprint density at radius 1 is 1.07 bits per heavy atom. The number of amides is 2. The van der Waals surface area contributed by atoms with Crippen LogP contribution in [0.3, 0.4) is 0 Å². The second kappa shape index (κ2) is 14.6. The maximum absolute atomic E-state index is 13.8. The van der Waals surface area contributed by atoms with Gasteiger partial charge in [-0.15, -0.1) is 0 Å². The number of hydrogen-bond acceptors (Lipinski definition) is 6. The first-order chi connectivity index (χ1) is 18.7. The fourth-order valence-electron chi connectivity index (χ4n) is 4.09. The van der Waals surface area contributed by atoms with Crippen molar-refractivity contribution in [2.75, 3.05) is 49.5 Å². The molecule has 0 aliphatic carbocycles. The van der Waals surface area contributed by atoms with Crippen molar-refractivity contribution in [1.82, 2.24) is 15.2 Å². The maximum atomic E-state index is 13.8. The van der Waals surface area contributed by atoms with Gasteiger partial charge in [0.25, 0.3) is 11.8 Å². The van der Waals surface area contributed by atoms with Crippen LogP contribution in [-0.4, -0.2) is 78.2 Å². The molecule has 3 rings (SSSR count). The molecule has 0 atom stereocenters. The number of carboxylic acids is 1. The Balaban J connectivity index is 0.000000708. The SMILES string of the molecule is Cc1cccc(C(=O)Nc2cnc(N3CCNCC3)c(C(=O)N(CC(C)C)CC(C)C)c2)c1.O=C(O)C(F)(F)F. The number of rotatable bonds is 8. The topological polar surface area (TPSA) is 115 Å². The molecule has 0 saturated carbocycles. The van der Waals surface area contributed by atoms with Gasteiger partial charge >= 0.3 is 12.1 Å². The van der Waals surface area contributed by atoms with Gasteiger partial charge in [-0.25, -0.2) is 9.78 Å². The minimum atomic E-state index is -5.08. The lowest BCUT2D eigenvalue weighted by Crippen LogP contribution is -2.45. The summed E-state index contributed by atoms with van der Waals surface area (Å²) >= 11 is 0. The molecule has 0 radical (unpaired) electrons. The summed E-state index contributed by atoms with van der Waals surface area (Å²) in [4.78, 5) is 44.2. The van der Waals surface area contributed by atoms with Gasteiger partial charge in [0, 0.05) is 44.8 Å². The van der Waals surface area contributed by atoms with E-state index in [0.717, 1.165) is 31.7 Å². The zero-order valence-electron chi connectivity index (χ0n) is 23.5. The van der Waals surface area contributed by atoms with E-state index in [1.807, 2.05) is 30.0 Å². The fraction of sp³-hybridized carbons (Fsp3) is 0.500. The zero-order valence-corrected chi connectivity index (χ0v) is 23.5. The molecular weight excluding hydrogens is 527 g/mol. The second-order valence-electron chi connectivity index (χ2n) is 10.5. The molecule has 1 aromatic carbocycles. The number of pyridine rings is 1. The Morgan fingerprint density at radius 3 is 2.15 bits per heavy atom. The minimum Gasteiger partial charge on any atom is -0.475 e. The maximum Gasteiger partial charge on any atom is 0.490 e. The van der Waals surface area contributed by atoms with Crippen molar-refractivity contribution in [3.63, 3.8) is 0 Å². The van der Waals surface area contributed by atoms with Gasteiger partial charge in [-0.1, -0.05) is 45.4 Å². The van der Waals surface area contributed by atoms with Crippen molar-refractivity contribution in [3.05, 3.63) is 53.2 Å². The molecule has 0 spiro atoms. The molecule has 12 heteroatoms. The number of carbonyl (C=O) groups excluding carboxylic acids is 2. The predicted octanol–water partition coefficient (Wildman–Crippen LogP) is 4.44. The third kappa shape index (κ3) is 10.1. The van der Waals surface area contributed by atoms with Gasteiger partial charge in [-0.2, -0.15) is 13.2 Å². The van der Waals surface area contributed by atoms with Crippen molar-refractivity contribution in [2.24, 2.45) is 11.8 Å². The van der Waals surface area contributed by atoms with Crippen molar-refractivity contribution in [1.29, 1.82) is 0 Å². The highest BCUT2D eigenvalue weighted by Gasteiger charge is 2.38. The highest BCUT2D eigenvalue weighted by Crippen LogP contribution is 2.25. The third-order valence-electron chi connectivity index (χ3n) is 5.75. The summed E-state index contributed by atoms with van der Waals surface area (Å²) in [5, 5.41) is 13.4. The second-order valence-corrected chi connectivity index (χ2v) is 10.5. The lowest BCUT2D eigenvalue weighted by Gasteiger charge is -2.32. The molecule has 2 heterocycles. The van der Waals surface area contributed by atoms with Crippen LogP contribution in [0.2, 0.25) is 0 Å². The molecule has 220 valence electrons. The lowest BCUT2D eigenvalue weighted by molar-refractivity contribution is -0.192. The number of anilines is 2. The van der Waals surface area contributed by atoms with Gasteiger partial charge < -0.3 is 25.5 Å². The summed E-state index contributed by atoms with van der Waals surface area (Å²) in [5.74, 6) is -1.61. The fourth-order valence-corrected chi connectivity index (χ4v) is 4.09. The number of aryl methyl sites for hydroxylation is 1. The molecule has 2 aromatic rings. The van der Waals surface area contributed by atoms with Gasteiger partial charge in [-0.05, 0) is 37.0 Å². The van der Waals surface area contributed by atoms with Gasteiger partial charge in [0.2, 0.25) is 0 Å². The molecule has 0 bridgehead atoms. The number of piperazine rings is 1. The number of aromatic nitrogens is 1. The monoisotopic (exact) mass is 565 g/mol. The molecular formula is C28H38F3N5O4. The van der Waals surface area contributed by atoms with Gasteiger partial charge in [0.1, 0.15) is 5.82 Å². The normalized spacial score (nSPS) is 13.5. The first kappa shape index (κ1) is 32.5. The number of carbonyl (C=O) groups is 3. The van der Waals surface area contributed by atoms with Crippen LogP contribution in [-0.2, 0) is 4.79 Å². The molecule has 3 N–H and O–H groups in total. The first-order valence-electron chi connectivity index (χ1n) is 13.1. The molecule has 2 amide bonds. The smallest absolute Gasteiger partial charge is 0.475 e. The van der Waals surface area contributed by atoms with Crippen LogP contribution >= 0.6 is 0 Å². The minimum absolute atomic E-state index is 0.0370. The number of alkyl halides is 3. The Morgan fingerprint density at radius 2 is 1.65 bits per heavy atom. The van der Waals surface area contributed by atoms with Gasteiger partial charge in [0.15, 0.2) is 0 Å². The summed E-state index contributed by atoms with van der Waals surface area (Å²) in [6.45, 7) is 15.1. The first-order valence-corrected chi connectivity index (χ1v) is 13.1. The highest BCUT2D eigenvalue weighted by molar-refractivity contribution is 6.06. The van der Waals surface area contributed by atoms with E-state index in [2.05, 4.69) is 48.2 Å². The van der Waals surface area contributed by atoms with E-state index in [1.54, 1.807) is 18.3 Å². The number of nitrogens with one attached hydrogen (secondary N) is 2. The van der Waals surface area contributed by atoms with Crippen molar-refractivity contribution >= 4 is 29.3 Å². The van der Waals surface area contributed by atoms with Crippen LogP contribution in [0.25, 0.3) is 0 Å². The average molecular weight is 566 g/mol. The van der Waals surface area contributed by atoms with Crippen LogP contribution in [0.1, 0.15) is 54.0 Å². The Hall–Kier alpha value is -3.67. The zero-order chi connectivity index (χ0) is 30.0. The van der Waals surface area contributed by atoms with E-state index >= 15 is 0 Å². The van der Waals surface area contributed by atoms with Crippen molar-refractivity contribution in [3.8, 4) is 0 Å². The van der Waals surface area contributed by atoms with Crippen molar-refractivity contribution < 1.29 is 32.7 Å². The predicted molar refractivity (Wildman–Crippen MR) is 148 cm³/mol. The van der Waals surface area contributed by atoms with Crippen LogP contribution < -0.4 is 15.5 Å². The van der Waals surface area contributed by atoms with Crippen LogP contribution in [0.5, 0.6) is 0 Å². The van der Waals surface area contributed by atoms with E-state index in [4.69, 9.17) is 9.90 Å². The number of nitrogens with zero attached hydrogens (tertiary/aromatic N) is 3. The number of hydrogen-bond donors (Lipinski definition) is 3. The molecule has 1 aliphatic heterocycles. The molecule has 0 unspecified atom stereocenters. The summed E-state index contributed by atoms with van der Waals surface area (Å²) in [7, 11) is 0. The summed E-state index contributed by atoms with van der Waals surface area (Å²) in [6.07, 6.45) is -3.43. The molecule has 1 aromatic heterocycles. The lowest BCUT2D eigenvalue weighted by atomic mass is 10.1. The number of benzene rings is 1. The van der Waals surface area contributed by atoms with E-state index in [-0.39, 0.29) is 11.8 Å². The summed E-state index contributed by atoms with van der Waals surface area (Å²) < 4.78 is 31.7. The Bertz CT molecular complexity index is 1150. The van der Waals surface area contributed by atoms with Crippen LogP contribution in [0.4, 0.5) is 24.7 Å². The van der Waals surface area contributed by atoms with Crippen LogP contribution in [0, 0.1) is 18.8 Å². The van der Waals surface area contributed by atoms with Crippen molar-refractivity contribution in [2.45, 2.75) is 40.8 Å². The molecule has 1 fully saturated rings. The van der Waals surface area contributed by atoms with Gasteiger partial charge in [-0.3, -0.25) is 9.59 Å². The number of carboxylic acid groups (broad SMARTS) is 1. The van der Waals surface area contributed by atoms with E-state index in [9.17, 15) is 22.8 Å². The quantitative estimate of drug-likeness (QED) is 0.434. The summed E-state index contributed by atoms with van der Waals surface area (Å²) in [6, 6.07) is 9.23. The number of aliphatic carboxylic acids is 1. The van der Waals surface area contributed by atoms with Crippen LogP contribution in [0.15, 0.2) is 36.5 Å².